The van der Waals surface area contributed by atoms with Crippen molar-refractivity contribution in [2.75, 3.05) is 12.4 Å². The van der Waals surface area contributed by atoms with Crippen molar-refractivity contribution in [3.63, 3.8) is 0 Å². The fourth-order valence-corrected chi connectivity index (χ4v) is 1.62. The molecule has 0 spiro atoms. The van der Waals surface area contributed by atoms with Crippen LogP contribution in [0, 0.1) is 0 Å². The van der Waals surface area contributed by atoms with E-state index in [4.69, 9.17) is 21.7 Å². The minimum atomic E-state index is -1.49. The monoisotopic (exact) mass is 336 g/mol. The highest BCUT2D eigenvalue weighted by Gasteiger charge is 2.26. The standard InChI is InChI=1S/C11H20N4O6S/c12-5(1-2-8(13)17)9(18)15-7(4-22)10(19)14-6(3-16)11(20)21/h5-7,16,22H,1-4,12H2,(H2,13,17)(H,14,19)(H,15,18)(H,20,21)/t5-,6-,7-/m0/s1. The van der Waals surface area contributed by atoms with Gasteiger partial charge in [0, 0.05) is 12.2 Å². The Labute approximate surface area is 132 Å². The molecule has 11 heteroatoms. The highest BCUT2D eigenvalue weighted by atomic mass is 32.1. The SMILES string of the molecule is NC(=O)CC[C@H](N)C(=O)N[C@@H](CS)C(=O)N[C@@H](CO)C(=O)O. The first kappa shape index (κ1) is 20.1. The molecule has 0 aliphatic carbocycles. The third-order valence-corrected chi connectivity index (χ3v) is 3.02. The molecule has 0 rings (SSSR count). The number of amides is 3. The second-order valence-corrected chi connectivity index (χ2v) is 4.80. The van der Waals surface area contributed by atoms with E-state index >= 15 is 0 Å². The van der Waals surface area contributed by atoms with Gasteiger partial charge in [-0.2, -0.15) is 12.6 Å². The molecule has 0 bridgehead atoms. The second kappa shape index (κ2) is 9.97. The number of carbonyl (C=O) groups excluding carboxylic acids is 3. The summed E-state index contributed by atoms with van der Waals surface area (Å²) in [5, 5.41) is 21.9. The Morgan fingerprint density at radius 1 is 1.09 bits per heavy atom. The van der Waals surface area contributed by atoms with Gasteiger partial charge in [-0.3, -0.25) is 14.4 Å². The molecule has 0 aliphatic rings. The summed E-state index contributed by atoms with van der Waals surface area (Å²) in [6.07, 6.45) is -0.0750. The molecule has 3 atom stereocenters. The smallest absolute Gasteiger partial charge is 0.328 e. The van der Waals surface area contributed by atoms with Gasteiger partial charge in [-0.1, -0.05) is 0 Å². The van der Waals surface area contributed by atoms with E-state index in [2.05, 4.69) is 17.9 Å². The molecule has 0 fully saturated rings. The van der Waals surface area contributed by atoms with Gasteiger partial charge in [-0.05, 0) is 6.42 Å². The lowest BCUT2D eigenvalue weighted by atomic mass is 10.1. The van der Waals surface area contributed by atoms with Crippen LogP contribution in [0.5, 0.6) is 0 Å². The number of carboxylic acids is 1. The van der Waals surface area contributed by atoms with Gasteiger partial charge in [0.15, 0.2) is 0 Å². The first-order valence-electron chi connectivity index (χ1n) is 6.32. The summed E-state index contributed by atoms with van der Waals surface area (Å²) < 4.78 is 0. The lowest BCUT2D eigenvalue weighted by molar-refractivity contribution is -0.143. The van der Waals surface area contributed by atoms with E-state index in [1.165, 1.54) is 0 Å². The predicted octanol–water partition coefficient (Wildman–Crippen LogP) is -3.44. The van der Waals surface area contributed by atoms with Gasteiger partial charge in [0.2, 0.25) is 17.7 Å². The molecule has 0 aromatic heterocycles. The highest BCUT2D eigenvalue weighted by Crippen LogP contribution is 1.97. The van der Waals surface area contributed by atoms with Crippen molar-refractivity contribution in [1.29, 1.82) is 0 Å². The van der Waals surface area contributed by atoms with Crippen LogP contribution >= 0.6 is 12.6 Å². The second-order valence-electron chi connectivity index (χ2n) is 4.44. The maximum Gasteiger partial charge on any atom is 0.328 e. The number of thiol groups is 1. The number of aliphatic carboxylic acids is 1. The Morgan fingerprint density at radius 2 is 1.64 bits per heavy atom. The maximum absolute atomic E-state index is 11.8. The summed E-state index contributed by atoms with van der Waals surface area (Å²) in [6, 6.07) is -3.67. The number of nitrogens with two attached hydrogens (primary N) is 2. The molecule has 0 radical (unpaired) electrons. The normalized spacial score (nSPS) is 14.5. The molecule has 126 valence electrons. The van der Waals surface area contributed by atoms with Crippen LogP contribution in [-0.4, -0.2) is 64.4 Å². The topological polar surface area (TPSA) is 185 Å². The predicted molar refractivity (Wildman–Crippen MR) is 78.8 cm³/mol. The summed E-state index contributed by atoms with van der Waals surface area (Å²) in [4.78, 5) is 44.9. The van der Waals surface area contributed by atoms with Gasteiger partial charge < -0.3 is 32.3 Å². The van der Waals surface area contributed by atoms with Gasteiger partial charge in [-0.25, -0.2) is 4.79 Å². The lowest BCUT2D eigenvalue weighted by Crippen LogP contribution is -2.55. The molecule has 0 saturated carbocycles. The van der Waals surface area contributed by atoms with E-state index < -0.39 is 48.4 Å². The van der Waals surface area contributed by atoms with Crippen LogP contribution < -0.4 is 22.1 Å². The van der Waals surface area contributed by atoms with E-state index in [-0.39, 0.29) is 18.6 Å². The van der Waals surface area contributed by atoms with Crippen LogP contribution in [-0.2, 0) is 19.2 Å². The summed E-state index contributed by atoms with van der Waals surface area (Å²) in [7, 11) is 0. The number of carboxylic acid groups (broad SMARTS) is 1. The third kappa shape index (κ3) is 7.24. The van der Waals surface area contributed by atoms with Crippen LogP contribution in [0.3, 0.4) is 0 Å². The zero-order chi connectivity index (χ0) is 17.3. The van der Waals surface area contributed by atoms with Crippen molar-refractivity contribution in [1.82, 2.24) is 10.6 Å². The number of nitrogens with one attached hydrogen (secondary N) is 2. The van der Waals surface area contributed by atoms with E-state index in [1.54, 1.807) is 0 Å². The first-order chi connectivity index (χ1) is 10.2. The molecule has 0 aliphatic heterocycles. The molecule has 10 nitrogen and oxygen atoms in total. The fraction of sp³-hybridized carbons (Fsp3) is 0.636. The van der Waals surface area contributed by atoms with Crippen LogP contribution in [0.4, 0.5) is 0 Å². The summed E-state index contributed by atoms with van der Waals surface area (Å²) >= 11 is 3.89. The maximum atomic E-state index is 11.8. The fourth-order valence-electron chi connectivity index (χ4n) is 1.36. The van der Waals surface area contributed by atoms with E-state index in [9.17, 15) is 19.2 Å². The average Bonchev–Trinajstić information content (AvgIpc) is 2.46. The lowest BCUT2D eigenvalue weighted by Gasteiger charge is -2.20. The summed E-state index contributed by atoms with van der Waals surface area (Å²) in [5.41, 5.74) is 10.5. The van der Waals surface area contributed by atoms with E-state index in [0.717, 1.165) is 0 Å². The van der Waals surface area contributed by atoms with E-state index in [1.807, 2.05) is 5.32 Å². The molecule has 8 N–H and O–H groups in total. The van der Waals surface area contributed by atoms with E-state index in [0.29, 0.717) is 0 Å². The van der Waals surface area contributed by atoms with Crippen molar-refractivity contribution in [2.24, 2.45) is 11.5 Å². The van der Waals surface area contributed by atoms with Crippen LogP contribution in [0.1, 0.15) is 12.8 Å². The quantitative estimate of drug-likeness (QED) is 0.202. The van der Waals surface area contributed by atoms with Crippen molar-refractivity contribution in [3.05, 3.63) is 0 Å². The number of carbonyl (C=O) groups is 4. The molecule has 0 saturated heterocycles. The molecule has 0 unspecified atom stereocenters. The Bertz CT molecular complexity index is 433. The van der Waals surface area contributed by atoms with Crippen LogP contribution in [0.25, 0.3) is 0 Å². The highest BCUT2D eigenvalue weighted by molar-refractivity contribution is 7.80. The van der Waals surface area contributed by atoms with Gasteiger partial charge in [0.25, 0.3) is 0 Å². The molecular weight excluding hydrogens is 316 g/mol. The van der Waals surface area contributed by atoms with Gasteiger partial charge in [0.05, 0.1) is 12.6 Å². The summed E-state index contributed by atoms with van der Waals surface area (Å²) in [6.45, 7) is -0.799. The molecule has 22 heavy (non-hydrogen) atoms. The van der Waals surface area contributed by atoms with Gasteiger partial charge in [-0.15, -0.1) is 0 Å². The number of aliphatic hydroxyl groups is 1. The van der Waals surface area contributed by atoms with Crippen molar-refractivity contribution < 1.29 is 29.4 Å². The van der Waals surface area contributed by atoms with Gasteiger partial charge in [0.1, 0.15) is 12.1 Å². The minimum Gasteiger partial charge on any atom is -0.480 e. The Hall–Kier alpha value is -1.85. The number of primary amides is 1. The van der Waals surface area contributed by atoms with Gasteiger partial charge >= 0.3 is 5.97 Å². The largest absolute Gasteiger partial charge is 0.480 e. The zero-order valence-corrected chi connectivity index (χ0v) is 12.6. The number of rotatable bonds is 10. The van der Waals surface area contributed by atoms with Crippen LogP contribution in [0.15, 0.2) is 0 Å². The number of hydrogen-bond donors (Lipinski definition) is 7. The Kier molecular flexibility index (Phi) is 9.13. The third-order valence-electron chi connectivity index (χ3n) is 2.65. The van der Waals surface area contributed by atoms with Crippen molar-refractivity contribution >= 4 is 36.3 Å². The van der Waals surface area contributed by atoms with Crippen molar-refractivity contribution in [3.8, 4) is 0 Å². The first-order valence-corrected chi connectivity index (χ1v) is 6.95. The Balaban J connectivity index is 4.57. The van der Waals surface area contributed by atoms with Crippen LogP contribution in [0.2, 0.25) is 0 Å². The van der Waals surface area contributed by atoms with Crippen molar-refractivity contribution in [2.45, 2.75) is 31.0 Å². The zero-order valence-electron chi connectivity index (χ0n) is 11.7. The molecule has 0 heterocycles. The molecule has 0 aromatic carbocycles. The summed E-state index contributed by atoms with van der Waals surface area (Å²) in [5.74, 6) is -3.67. The Morgan fingerprint density at radius 3 is 2.05 bits per heavy atom. The molecular formula is C11H20N4O6S. The number of aliphatic hydroxyl groups excluding tert-OH is 1. The molecule has 3 amide bonds. The average molecular weight is 336 g/mol. The number of hydrogen-bond acceptors (Lipinski definition) is 7. The molecule has 0 aromatic rings. The minimum absolute atomic E-state index is 0.0104.